The van der Waals surface area contributed by atoms with Crippen molar-refractivity contribution in [1.29, 1.82) is 0 Å². The Kier molecular flexibility index (Phi) is 5.28. The molecule has 1 rings (SSSR count). The summed E-state index contributed by atoms with van der Waals surface area (Å²) < 4.78 is 12.8. The Bertz CT molecular complexity index is 389. The summed E-state index contributed by atoms with van der Waals surface area (Å²) in [4.78, 5) is 11.8. The maximum Gasteiger partial charge on any atom is 0.237 e. The van der Waals surface area contributed by atoms with E-state index in [1.165, 1.54) is 12.1 Å². The summed E-state index contributed by atoms with van der Waals surface area (Å²) in [6.45, 7) is 5.90. The molecule has 0 aliphatic carbocycles. The van der Waals surface area contributed by atoms with Crippen molar-refractivity contribution in [2.75, 3.05) is 0 Å². The van der Waals surface area contributed by atoms with E-state index in [1.807, 2.05) is 20.8 Å². The van der Waals surface area contributed by atoms with Crippen molar-refractivity contribution in [3.63, 3.8) is 0 Å². The summed E-state index contributed by atoms with van der Waals surface area (Å²) in [7, 11) is 0. The van der Waals surface area contributed by atoms with Gasteiger partial charge in [0.1, 0.15) is 5.82 Å². The maximum atomic E-state index is 12.8. The van der Waals surface area contributed by atoms with Crippen LogP contribution in [0.2, 0.25) is 0 Å². The monoisotopic (exact) mass is 252 g/mol. The average molecular weight is 252 g/mol. The van der Waals surface area contributed by atoms with Crippen molar-refractivity contribution in [3.05, 3.63) is 35.6 Å². The summed E-state index contributed by atoms with van der Waals surface area (Å²) in [5.74, 6) is -0.0683. The second-order valence-electron chi connectivity index (χ2n) is 5.02. The van der Waals surface area contributed by atoms with E-state index in [1.54, 1.807) is 12.1 Å². The summed E-state index contributed by atoms with van der Waals surface area (Å²) in [6.07, 6.45) is 0.655. The van der Waals surface area contributed by atoms with Crippen molar-refractivity contribution in [2.45, 2.75) is 39.3 Å². The van der Waals surface area contributed by atoms with Crippen LogP contribution >= 0.6 is 0 Å². The highest BCUT2D eigenvalue weighted by molar-refractivity contribution is 5.81. The zero-order valence-corrected chi connectivity index (χ0v) is 11.1. The van der Waals surface area contributed by atoms with Crippen LogP contribution in [0.5, 0.6) is 0 Å². The maximum absolute atomic E-state index is 12.8. The molecule has 0 radical (unpaired) electrons. The molecule has 1 aromatic rings. The van der Waals surface area contributed by atoms with Crippen molar-refractivity contribution >= 4 is 5.91 Å². The van der Waals surface area contributed by atoms with E-state index in [0.29, 0.717) is 12.3 Å². The molecule has 0 heterocycles. The van der Waals surface area contributed by atoms with Crippen molar-refractivity contribution < 1.29 is 9.18 Å². The Labute approximate surface area is 108 Å². The Morgan fingerprint density at radius 2 is 1.83 bits per heavy atom. The lowest BCUT2D eigenvalue weighted by molar-refractivity contribution is -0.123. The zero-order chi connectivity index (χ0) is 13.7. The Balaban J connectivity index is 2.56. The van der Waals surface area contributed by atoms with Crippen molar-refractivity contribution in [2.24, 2.45) is 11.7 Å². The van der Waals surface area contributed by atoms with E-state index in [9.17, 15) is 9.18 Å². The molecule has 3 N–H and O–H groups in total. The molecule has 0 bridgehead atoms. The third-order valence-electron chi connectivity index (χ3n) is 2.79. The molecule has 0 spiro atoms. The second-order valence-corrected chi connectivity index (χ2v) is 5.02. The molecular formula is C14H21FN2O. The molecule has 0 fully saturated rings. The van der Waals surface area contributed by atoms with Crippen LogP contribution in [0.1, 0.15) is 38.8 Å². The third kappa shape index (κ3) is 4.45. The van der Waals surface area contributed by atoms with E-state index in [2.05, 4.69) is 5.32 Å². The molecule has 0 unspecified atom stereocenters. The molecule has 2 atom stereocenters. The van der Waals surface area contributed by atoms with Crippen LogP contribution in [0.25, 0.3) is 0 Å². The average Bonchev–Trinajstić information content (AvgIpc) is 2.28. The molecule has 0 aromatic heterocycles. The lowest BCUT2D eigenvalue weighted by atomic mass is 10.0. The predicted octanol–water partition coefficient (Wildman–Crippen LogP) is 2.38. The summed E-state index contributed by atoms with van der Waals surface area (Å²) in [5, 5.41) is 2.83. The van der Waals surface area contributed by atoms with Gasteiger partial charge in [0.05, 0.1) is 12.1 Å². The van der Waals surface area contributed by atoms with Crippen LogP contribution in [0, 0.1) is 11.7 Å². The Hall–Kier alpha value is -1.42. The van der Waals surface area contributed by atoms with Crippen LogP contribution in [-0.4, -0.2) is 11.9 Å². The molecule has 4 heteroatoms. The quantitative estimate of drug-likeness (QED) is 0.845. The third-order valence-corrected chi connectivity index (χ3v) is 2.79. The molecular weight excluding hydrogens is 231 g/mol. The standard InChI is InChI=1S/C14H21FN2O/c1-9(2)8-13(16)14(18)17-10(3)11-4-6-12(15)7-5-11/h4-7,9-10,13H,8,16H2,1-3H3,(H,17,18)/t10-,13-/m0/s1. The van der Waals surface area contributed by atoms with Gasteiger partial charge >= 0.3 is 0 Å². The van der Waals surface area contributed by atoms with E-state index in [0.717, 1.165) is 5.56 Å². The minimum atomic E-state index is -0.493. The molecule has 0 aliphatic heterocycles. The zero-order valence-electron chi connectivity index (χ0n) is 11.1. The Morgan fingerprint density at radius 1 is 1.28 bits per heavy atom. The van der Waals surface area contributed by atoms with E-state index in [4.69, 9.17) is 5.73 Å². The van der Waals surface area contributed by atoms with Crippen LogP contribution in [-0.2, 0) is 4.79 Å². The van der Waals surface area contributed by atoms with Crippen LogP contribution < -0.4 is 11.1 Å². The number of carbonyl (C=O) groups is 1. The molecule has 1 aromatic carbocycles. The molecule has 0 aliphatic rings. The van der Waals surface area contributed by atoms with Gasteiger partial charge in [-0.3, -0.25) is 4.79 Å². The van der Waals surface area contributed by atoms with Gasteiger partial charge in [-0.15, -0.1) is 0 Å². The number of halogens is 1. The number of carbonyl (C=O) groups excluding carboxylic acids is 1. The van der Waals surface area contributed by atoms with Gasteiger partial charge in [0, 0.05) is 0 Å². The van der Waals surface area contributed by atoms with E-state index < -0.39 is 6.04 Å². The largest absolute Gasteiger partial charge is 0.348 e. The molecule has 18 heavy (non-hydrogen) atoms. The van der Waals surface area contributed by atoms with Gasteiger partial charge in [-0.1, -0.05) is 26.0 Å². The van der Waals surface area contributed by atoms with Crippen LogP contribution in [0.4, 0.5) is 4.39 Å². The smallest absolute Gasteiger partial charge is 0.237 e. The fourth-order valence-electron chi connectivity index (χ4n) is 1.77. The number of nitrogens with one attached hydrogen (secondary N) is 1. The van der Waals surface area contributed by atoms with Gasteiger partial charge in [-0.05, 0) is 37.0 Å². The lowest BCUT2D eigenvalue weighted by Gasteiger charge is -2.19. The highest BCUT2D eigenvalue weighted by atomic mass is 19.1. The molecule has 3 nitrogen and oxygen atoms in total. The summed E-state index contributed by atoms with van der Waals surface area (Å²) >= 11 is 0. The number of hydrogen-bond acceptors (Lipinski definition) is 2. The van der Waals surface area contributed by atoms with E-state index >= 15 is 0 Å². The first-order valence-electron chi connectivity index (χ1n) is 6.21. The fourth-order valence-corrected chi connectivity index (χ4v) is 1.77. The number of nitrogens with two attached hydrogens (primary N) is 1. The Morgan fingerprint density at radius 3 is 2.33 bits per heavy atom. The second kappa shape index (κ2) is 6.50. The molecule has 100 valence electrons. The van der Waals surface area contributed by atoms with Gasteiger partial charge in [0.15, 0.2) is 0 Å². The van der Waals surface area contributed by atoms with Crippen molar-refractivity contribution in [3.8, 4) is 0 Å². The lowest BCUT2D eigenvalue weighted by Crippen LogP contribution is -2.42. The fraction of sp³-hybridized carbons (Fsp3) is 0.500. The molecule has 0 saturated carbocycles. The highest BCUT2D eigenvalue weighted by Crippen LogP contribution is 2.13. The van der Waals surface area contributed by atoms with Crippen LogP contribution in [0.3, 0.4) is 0 Å². The minimum Gasteiger partial charge on any atom is -0.348 e. The first-order valence-corrected chi connectivity index (χ1v) is 6.21. The predicted molar refractivity (Wildman–Crippen MR) is 70.4 cm³/mol. The SMILES string of the molecule is CC(C)C[C@H](N)C(=O)N[C@@H](C)c1ccc(F)cc1. The van der Waals surface area contributed by atoms with Crippen LogP contribution in [0.15, 0.2) is 24.3 Å². The highest BCUT2D eigenvalue weighted by Gasteiger charge is 2.17. The number of amides is 1. The van der Waals surface area contributed by atoms with Crippen molar-refractivity contribution in [1.82, 2.24) is 5.32 Å². The number of benzene rings is 1. The summed E-state index contributed by atoms with van der Waals surface area (Å²) in [6, 6.07) is 5.42. The van der Waals surface area contributed by atoms with Gasteiger partial charge in [-0.2, -0.15) is 0 Å². The van der Waals surface area contributed by atoms with Gasteiger partial charge in [0.2, 0.25) is 5.91 Å². The number of hydrogen-bond donors (Lipinski definition) is 2. The molecule has 1 amide bonds. The number of rotatable bonds is 5. The minimum absolute atomic E-state index is 0.166. The van der Waals surface area contributed by atoms with E-state index in [-0.39, 0.29) is 17.8 Å². The first kappa shape index (κ1) is 14.6. The topological polar surface area (TPSA) is 55.1 Å². The van der Waals surface area contributed by atoms with Gasteiger partial charge < -0.3 is 11.1 Å². The molecule has 0 saturated heterocycles. The normalized spacial score (nSPS) is 14.3. The first-order chi connectivity index (χ1) is 8.40. The van der Waals surface area contributed by atoms with Gasteiger partial charge in [-0.25, -0.2) is 4.39 Å². The summed E-state index contributed by atoms with van der Waals surface area (Å²) in [5.41, 5.74) is 6.66. The van der Waals surface area contributed by atoms with Gasteiger partial charge in [0.25, 0.3) is 0 Å².